The molecule has 2 rings (SSSR count). The first-order chi connectivity index (χ1) is 6.34. The molecule has 0 saturated carbocycles. The Morgan fingerprint density at radius 2 is 1.69 bits per heavy atom. The second-order valence-electron chi connectivity index (χ2n) is 3.31. The predicted molar refractivity (Wildman–Crippen MR) is 55.9 cm³/mol. The molecule has 1 aromatic carbocycles. The maximum absolute atomic E-state index is 5.79. The van der Waals surface area contributed by atoms with Gasteiger partial charge in [0.05, 0.1) is 0 Å². The molecule has 1 aliphatic rings. The molecule has 1 aromatic rings. The van der Waals surface area contributed by atoms with Gasteiger partial charge in [0.25, 0.3) is 0 Å². The lowest BCUT2D eigenvalue weighted by molar-refractivity contribution is 0.410. The highest BCUT2D eigenvalue weighted by molar-refractivity contribution is 6.30. The van der Waals surface area contributed by atoms with Gasteiger partial charge in [-0.1, -0.05) is 11.6 Å². The van der Waals surface area contributed by atoms with Crippen LogP contribution >= 0.6 is 11.6 Å². The lowest BCUT2D eigenvalue weighted by Gasteiger charge is -2.17. The van der Waals surface area contributed by atoms with Gasteiger partial charge in [0.1, 0.15) is 0 Å². The Hall–Kier alpha value is -0.730. The van der Waals surface area contributed by atoms with Gasteiger partial charge in [-0.3, -0.25) is 0 Å². The van der Waals surface area contributed by atoms with Crippen molar-refractivity contribution in [2.45, 2.75) is 12.8 Å². The van der Waals surface area contributed by atoms with Gasteiger partial charge in [0.2, 0.25) is 0 Å². The first-order valence-corrected chi connectivity index (χ1v) is 4.99. The Kier molecular flexibility index (Phi) is 2.71. The predicted octanol–water partition coefficient (Wildman–Crippen LogP) is 2.76. The third kappa shape index (κ3) is 2.36. The number of hydrogen-bond donors (Lipinski definition) is 1. The minimum Gasteiger partial charge on any atom is -0.319 e. The minimum absolute atomic E-state index is 0.784. The van der Waals surface area contributed by atoms with Crippen LogP contribution in [0.3, 0.4) is 0 Å². The largest absolute Gasteiger partial charge is 0.319 e. The Labute approximate surface area is 83.5 Å². The Bertz CT molecular complexity index is 265. The summed E-state index contributed by atoms with van der Waals surface area (Å²) >= 11 is 5.79. The number of nitrogens with one attached hydrogen (secondary N) is 1. The lowest BCUT2D eigenvalue weighted by Crippen LogP contribution is -2.25. The van der Waals surface area contributed by atoms with Crippen LogP contribution in [0.1, 0.15) is 12.8 Å². The maximum atomic E-state index is 5.79. The van der Waals surface area contributed by atoms with Crippen molar-refractivity contribution in [3.05, 3.63) is 29.3 Å². The summed E-state index contributed by atoms with van der Waals surface area (Å²) in [5.41, 5.74) is 4.46. The second kappa shape index (κ2) is 3.99. The molecule has 0 aromatic heterocycles. The first kappa shape index (κ1) is 8.85. The van der Waals surface area contributed by atoms with Gasteiger partial charge < -0.3 is 5.43 Å². The average molecular weight is 197 g/mol. The molecule has 0 aliphatic carbocycles. The molecule has 3 heteroatoms. The van der Waals surface area contributed by atoms with E-state index >= 15 is 0 Å². The van der Waals surface area contributed by atoms with Crippen LogP contribution in [0.2, 0.25) is 5.02 Å². The maximum Gasteiger partial charge on any atom is 0.0491 e. The van der Waals surface area contributed by atoms with E-state index in [4.69, 9.17) is 11.6 Å². The standard InChI is InChI=1S/C10H13ClN2/c11-9-3-5-10(6-4-9)12-13-7-1-2-8-13/h3-6,12H,1-2,7-8H2. The number of hydrazine groups is 1. The number of rotatable bonds is 2. The fraction of sp³-hybridized carbons (Fsp3) is 0.400. The van der Waals surface area contributed by atoms with Crippen LogP contribution in [0, 0.1) is 0 Å². The highest BCUT2D eigenvalue weighted by Gasteiger charge is 2.10. The molecule has 0 spiro atoms. The van der Waals surface area contributed by atoms with E-state index in [9.17, 15) is 0 Å². The zero-order chi connectivity index (χ0) is 9.10. The van der Waals surface area contributed by atoms with Gasteiger partial charge in [0.15, 0.2) is 0 Å². The van der Waals surface area contributed by atoms with Gasteiger partial charge in [-0.05, 0) is 37.1 Å². The summed E-state index contributed by atoms with van der Waals surface area (Å²) in [7, 11) is 0. The monoisotopic (exact) mass is 196 g/mol. The van der Waals surface area contributed by atoms with Crippen LogP contribution in [0.15, 0.2) is 24.3 Å². The van der Waals surface area contributed by atoms with E-state index in [2.05, 4.69) is 10.4 Å². The molecule has 2 nitrogen and oxygen atoms in total. The molecule has 1 aliphatic heterocycles. The third-order valence-corrected chi connectivity index (χ3v) is 2.49. The molecule has 0 radical (unpaired) electrons. The van der Waals surface area contributed by atoms with E-state index in [-0.39, 0.29) is 0 Å². The summed E-state index contributed by atoms with van der Waals surface area (Å²) in [6.45, 7) is 2.28. The topological polar surface area (TPSA) is 15.3 Å². The molecule has 1 heterocycles. The molecular weight excluding hydrogens is 184 g/mol. The van der Waals surface area contributed by atoms with Crippen molar-refractivity contribution in [3.63, 3.8) is 0 Å². The summed E-state index contributed by atoms with van der Waals surface area (Å²) in [5, 5.41) is 3.02. The van der Waals surface area contributed by atoms with Gasteiger partial charge in [-0.25, -0.2) is 5.01 Å². The smallest absolute Gasteiger partial charge is 0.0491 e. The number of hydrogen-bond acceptors (Lipinski definition) is 2. The van der Waals surface area contributed by atoms with Gasteiger partial charge in [-0.15, -0.1) is 0 Å². The Morgan fingerprint density at radius 1 is 1.08 bits per heavy atom. The van der Waals surface area contributed by atoms with E-state index in [0.29, 0.717) is 0 Å². The molecular formula is C10H13ClN2. The van der Waals surface area contributed by atoms with Crippen molar-refractivity contribution in [1.82, 2.24) is 5.01 Å². The number of anilines is 1. The zero-order valence-corrected chi connectivity index (χ0v) is 8.22. The van der Waals surface area contributed by atoms with Crippen LogP contribution in [0.5, 0.6) is 0 Å². The van der Waals surface area contributed by atoms with Crippen LogP contribution in [-0.4, -0.2) is 18.1 Å². The van der Waals surface area contributed by atoms with Gasteiger partial charge >= 0.3 is 0 Å². The molecule has 0 unspecified atom stereocenters. The van der Waals surface area contributed by atoms with Crippen molar-refractivity contribution in [2.24, 2.45) is 0 Å². The van der Waals surface area contributed by atoms with Gasteiger partial charge in [0, 0.05) is 23.8 Å². The SMILES string of the molecule is Clc1ccc(NN2CCCC2)cc1. The number of nitrogens with zero attached hydrogens (tertiary/aromatic N) is 1. The lowest BCUT2D eigenvalue weighted by atomic mass is 10.3. The van der Waals surface area contributed by atoms with Gasteiger partial charge in [-0.2, -0.15) is 0 Å². The first-order valence-electron chi connectivity index (χ1n) is 4.62. The highest BCUT2D eigenvalue weighted by Crippen LogP contribution is 2.15. The summed E-state index contributed by atoms with van der Waals surface area (Å²) < 4.78 is 0. The Balaban J connectivity index is 1.97. The van der Waals surface area contributed by atoms with E-state index in [0.717, 1.165) is 23.8 Å². The number of benzene rings is 1. The summed E-state index contributed by atoms with van der Waals surface area (Å²) in [5.74, 6) is 0. The second-order valence-corrected chi connectivity index (χ2v) is 3.75. The molecule has 1 N–H and O–H groups in total. The van der Waals surface area contributed by atoms with E-state index in [1.807, 2.05) is 24.3 Å². The molecule has 1 fully saturated rings. The quantitative estimate of drug-likeness (QED) is 0.783. The van der Waals surface area contributed by atoms with E-state index in [1.165, 1.54) is 12.8 Å². The fourth-order valence-electron chi connectivity index (χ4n) is 1.54. The van der Waals surface area contributed by atoms with Crippen LogP contribution in [0.25, 0.3) is 0 Å². The summed E-state index contributed by atoms with van der Waals surface area (Å²) in [6.07, 6.45) is 2.58. The normalized spacial score (nSPS) is 17.6. The highest BCUT2D eigenvalue weighted by atomic mass is 35.5. The molecule has 0 atom stereocenters. The van der Waals surface area contributed by atoms with Crippen molar-refractivity contribution in [2.75, 3.05) is 18.5 Å². The zero-order valence-electron chi connectivity index (χ0n) is 7.46. The van der Waals surface area contributed by atoms with Crippen LogP contribution < -0.4 is 5.43 Å². The Morgan fingerprint density at radius 3 is 2.31 bits per heavy atom. The van der Waals surface area contributed by atoms with E-state index in [1.54, 1.807) is 0 Å². The van der Waals surface area contributed by atoms with Crippen molar-refractivity contribution < 1.29 is 0 Å². The molecule has 13 heavy (non-hydrogen) atoms. The van der Waals surface area contributed by atoms with Crippen LogP contribution in [0.4, 0.5) is 5.69 Å². The van der Waals surface area contributed by atoms with Crippen molar-refractivity contribution in [1.29, 1.82) is 0 Å². The average Bonchev–Trinajstić information content (AvgIpc) is 2.62. The summed E-state index contributed by atoms with van der Waals surface area (Å²) in [6, 6.07) is 7.81. The molecule has 70 valence electrons. The molecule has 1 saturated heterocycles. The minimum atomic E-state index is 0.784. The summed E-state index contributed by atoms with van der Waals surface area (Å²) in [4.78, 5) is 0. The van der Waals surface area contributed by atoms with E-state index < -0.39 is 0 Å². The molecule has 0 bridgehead atoms. The fourth-order valence-corrected chi connectivity index (χ4v) is 1.66. The van der Waals surface area contributed by atoms with Crippen molar-refractivity contribution >= 4 is 17.3 Å². The van der Waals surface area contributed by atoms with Crippen LogP contribution in [-0.2, 0) is 0 Å². The number of halogens is 1. The van der Waals surface area contributed by atoms with Crippen molar-refractivity contribution in [3.8, 4) is 0 Å². The third-order valence-electron chi connectivity index (χ3n) is 2.24. The molecule has 0 amide bonds.